The van der Waals surface area contributed by atoms with Crippen molar-refractivity contribution in [3.8, 4) is 0 Å². The van der Waals surface area contributed by atoms with Crippen molar-refractivity contribution in [1.29, 1.82) is 0 Å². The van der Waals surface area contributed by atoms with Gasteiger partial charge in [-0.2, -0.15) is 0 Å². The van der Waals surface area contributed by atoms with Crippen molar-refractivity contribution < 1.29 is 33.3 Å². The van der Waals surface area contributed by atoms with Crippen molar-refractivity contribution >= 4 is 40.8 Å². The van der Waals surface area contributed by atoms with Gasteiger partial charge in [-0.05, 0) is 12.1 Å². The van der Waals surface area contributed by atoms with E-state index in [1.54, 1.807) is 0 Å². The Morgan fingerprint density at radius 3 is 2.73 bits per heavy atom. The summed E-state index contributed by atoms with van der Waals surface area (Å²) in [6, 6.07) is 1.59. The Morgan fingerprint density at radius 2 is 2.10 bits per heavy atom. The van der Waals surface area contributed by atoms with Crippen molar-refractivity contribution in [2.45, 2.75) is 30.2 Å². The molecule has 2 fully saturated rings. The fourth-order valence-corrected chi connectivity index (χ4v) is 5.74. The number of aliphatic hydroxyl groups excluding tert-OH is 1. The maximum absolute atomic E-state index is 14.4. The highest BCUT2D eigenvalue weighted by Crippen LogP contribution is 2.62. The van der Waals surface area contributed by atoms with Gasteiger partial charge in [-0.1, -0.05) is 35.9 Å². The number of aliphatic hydroxyl groups is 1. The maximum atomic E-state index is 14.4. The molecule has 1 aromatic rings. The average Bonchev–Trinajstić information content (AvgIpc) is 3.20. The number of carbonyl (C=O) groups excluding carboxylic acids is 1. The molecule has 0 radical (unpaired) electrons. The monoisotopic (exact) mass is 462 g/mol. The Kier molecular flexibility index (Phi) is 5.00. The highest BCUT2D eigenvalue weighted by atomic mass is 35.5. The van der Waals surface area contributed by atoms with Gasteiger partial charge in [0.05, 0.1) is 29.1 Å². The fraction of sp³-hybridized carbons (Fsp3) is 0.474. The number of nitrogens with one attached hydrogen (secondary N) is 1. The van der Waals surface area contributed by atoms with Crippen LogP contribution >= 0.6 is 23.2 Å². The standard InChI is InChI=1S/C19H18Cl2F2N2O5/c1-2-3-30-16(28)13-12(15(26)27)11-6-18(22,23)7-25(11)19(13)9-4-8(20)5-10(21)14(9)24-17(19)29/h2,4-5,11-13,17,24,29H,1,3,6-7H2,(H,26,27). The second kappa shape index (κ2) is 7.05. The number of rotatable bonds is 4. The lowest BCUT2D eigenvalue weighted by molar-refractivity contribution is -0.162. The Hall–Kier alpha value is -1.94. The number of carboxylic acid groups (broad SMARTS) is 1. The molecule has 11 heteroatoms. The molecule has 3 aliphatic heterocycles. The number of hydrogen-bond donors (Lipinski definition) is 3. The molecule has 4 rings (SSSR count). The van der Waals surface area contributed by atoms with Crippen LogP contribution < -0.4 is 5.32 Å². The Bertz CT molecular complexity index is 946. The van der Waals surface area contributed by atoms with E-state index in [4.69, 9.17) is 27.9 Å². The third-order valence-corrected chi connectivity index (χ3v) is 6.62. The molecule has 162 valence electrons. The van der Waals surface area contributed by atoms with Crippen LogP contribution in [-0.2, 0) is 19.9 Å². The van der Waals surface area contributed by atoms with Gasteiger partial charge < -0.3 is 20.3 Å². The zero-order chi connectivity index (χ0) is 22.0. The summed E-state index contributed by atoms with van der Waals surface area (Å²) in [7, 11) is 0. The number of carboxylic acids is 1. The molecule has 30 heavy (non-hydrogen) atoms. The molecule has 3 N–H and O–H groups in total. The van der Waals surface area contributed by atoms with Crippen LogP contribution in [0.2, 0.25) is 10.0 Å². The average molecular weight is 463 g/mol. The van der Waals surface area contributed by atoms with E-state index in [0.29, 0.717) is 0 Å². The molecule has 1 spiro atoms. The number of carbonyl (C=O) groups is 2. The van der Waals surface area contributed by atoms with Gasteiger partial charge in [0.15, 0.2) is 0 Å². The van der Waals surface area contributed by atoms with E-state index in [1.165, 1.54) is 23.1 Å². The highest BCUT2D eigenvalue weighted by molar-refractivity contribution is 6.36. The predicted octanol–water partition coefficient (Wildman–Crippen LogP) is 2.70. The largest absolute Gasteiger partial charge is 0.481 e. The molecule has 3 aliphatic rings. The normalized spacial score (nSPS) is 33.8. The third kappa shape index (κ3) is 2.83. The summed E-state index contributed by atoms with van der Waals surface area (Å²) in [5.41, 5.74) is -1.47. The molecule has 0 saturated carbocycles. The lowest BCUT2D eigenvalue weighted by Gasteiger charge is -2.40. The van der Waals surface area contributed by atoms with Gasteiger partial charge in [-0.3, -0.25) is 14.5 Å². The number of esters is 1. The van der Waals surface area contributed by atoms with Crippen LogP contribution in [0.1, 0.15) is 12.0 Å². The van der Waals surface area contributed by atoms with E-state index in [2.05, 4.69) is 11.9 Å². The molecule has 0 aliphatic carbocycles. The third-order valence-electron chi connectivity index (χ3n) is 6.10. The first-order valence-corrected chi connectivity index (χ1v) is 9.89. The van der Waals surface area contributed by atoms with Gasteiger partial charge in [0.25, 0.3) is 5.92 Å². The minimum atomic E-state index is -3.20. The summed E-state index contributed by atoms with van der Waals surface area (Å²) in [4.78, 5) is 26.4. The minimum Gasteiger partial charge on any atom is -0.481 e. The van der Waals surface area contributed by atoms with Gasteiger partial charge in [0.1, 0.15) is 18.4 Å². The number of nitrogens with zero attached hydrogens (tertiary/aromatic N) is 1. The zero-order valence-corrected chi connectivity index (χ0v) is 17.0. The lowest BCUT2D eigenvalue weighted by Crippen LogP contribution is -2.56. The molecule has 7 nitrogen and oxygen atoms in total. The number of ether oxygens (including phenoxy) is 1. The van der Waals surface area contributed by atoms with Crippen LogP contribution in [0.3, 0.4) is 0 Å². The van der Waals surface area contributed by atoms with Crippen LogP contribution in [0, 0.1) is 11.8 Å². The molecule has 5 unspecified atom stereocenters. The number of fused-ring (bicyclic) bond motifs is 4. The smallest absolute Gasteiger partial charge is 0.312 e. The topological polar surface area (TPSA) is 99.1 Å². The number of hydrogen-bond acceptors (Lipinski definition) is 6. The fourth-order valence-electron chi connectivity index (χ4n) is 5.19. The molecule has 0 aromatic heterocycles. The number of alkyl halides is 2. The number of benzene rings is 1. The summed E-state index contributed by atoms with van der Waals surface area (Å²) in [5, 5.41) is 23.9. The number of halogens is 4. The van der Waals surface area contributed by atoms with Crippen molar-refractivity contribution in [3.63, 3.8) is 0 Å². The minimum absolute atomic E-state index is 0.105. The summed E-state index contributed by atoms with van der Waals surface area (Å²) in [6.07, 6.45) is -1.08. The van der Waals surface area contributed by atoms with E-state index in [0.717, 1.165) is 0 Å². The quantitative estimate of drug-likeness (QED) is 0.467. The molecule has 2 saturated heterocycles. The summed E-state index contributed by atoms with van der Waals surface area (Å²) in [5.74, 6) is -8.62. The van der Waals surface area contributed by atoms with Crippen molar-refractivity contribution in [2.24, 2.45) is 11.8 Å². The summed E-state index contributed by atoms with van der Waals surface area (Å²) in [6.45, 7) is 2.41. The second-order valence-corrected chi connectivity index (χ2v) is 8.54. The Balaban J connectivity index is 1.98. The first-order valence-electron chi connectivity index (χ1n) is 9.13. The Morgan fingerprint density at radius 1 is 1.40 bits per heavy atom. The van der Waals surface area contributed by atoms with E-state index in [-0.39, 0.29) is 27.9 Å². The van der Waals surface area contributed by atoms with Crippen LogP contribution in [0.5, 0.6) is 0 Å². The SMILES string of the molecule is C=CCOC(=O)C1C(C(=O)O)C2CC(F)(F)CN2C12c1cc(Cl)cc(Cl)c1NC2O. The summed E-state index contributed by atoms with van der Waals surface area (Å²) >= 11 is 12.4. The number of anilines is 1. The molecular formula is C19H18Cl2F2N2O5. The number of aliphatic carboxylic acids is 1. The van der Waals surface area contributed by atoms with Crippen LogP contribution in [0.4, 0.5) is 14.5 Å². The van der Waals surface area contributed by atoms with Crippen LogP contribution in [0.25, 0.3) is 0 Å². The molecular weight excluding hydrogens is 445 g/mol. The van der Waals surface area contributed by atoms with Crippen molar-refractivity contribution in [2.75, 3.05) is 18.5 Å². The van der Waals surface area contributed by atoms with E-state index in [1.807, 2.05) is 0 Å². The highest BCUT2D eigenvalue weighted by Gasteiger charge is 2.74. The second-order valence-electron chi connectivity index (χ2n) is 7.70. The van der Waals surface area contributed by atoms with Gasteiger partial charge in [0.2, 0.25) is 0 Å². The predicted molar refractivity (Wildman–Crippen MR) is 104 cm³/mol. The summed E-state index contributed by atoms with van der Waals surface area (Å²) < 4.78 is 34.0. The molecule has 0 amide bonds. The first kappa shape index (κ1) is 21.3. The van der Waals surface area contributed by atoms with E-state index < -0.39 is 60.5 Å². The van der Waals surface area contributed by atoms with Crippen molar-refractivity contribution in [3.05, 3.63) is 40.4 Å². The van der Waals surface area contributed by atoms with Gasteiger partial charge >= 0.3 is 11.9 Å². The molecule has 5 atom stereocenters. The van der Waals surface area contributed by atoms with Crippen LogP contribution in [-0.4, -0.2) is 58.4 Å². The lowest BCUT2D eigenvalue weighted by atomic mass is 9.73. The Labute approximate surface area is 180 Å². The van der Waals surface area contributed by atoms with E-state index in [9.17, 15) is 28.6 Å². The van der Waals surface area contributed by atoms with Crippen molar-refractivity contribution in [1.82, 2.24) is 4.90 Å². The van der Waals surface area contributed by atoms with Crippen LogP contribution in [0.15, 0.2) is 24.8 Å². The first-order chi connectivity index (χ1) is 14.0. The van der Waals surface area contributed by atoms with Gasteiger partial charge in [0, 0.05) is 23.0 Å². The zero-order valence-electron chi connectivity index (χ0n) is 15.4. The van der Waals surface area contributed by atoms with Gasteiger partial charge in [-0.15, -0.1) is 0 Å². The maximum Gasteiger partial charge on any atom is 0.312 e. The molecule has 3 heterocycles. The van der Waals surface area contributed by atoms with Gasteiger partial charge in [-0.25, -0.2) is 8.78 Å². The van der Waals surface area contributed by atoms with E-state index >= 15 is 0 Å². The molecule has 1 aromatic carbocycles. The molecule has 0 bridgehead atoms.